The zero-order chi connectivity index (χ0) is 12.1. The Morgan fingerprint density at radius 2 is 1.73 bits per heavy atom. The summed E-state index contributed by atoms with van der Waals surface area (Å²) in [4.78, 5) is 11.0. The predicted molar refractivity (Wildman–Crippen MR) is 62.6 cm³/mol. The summed E-state index contributed by atoms with van der Waals surface area (Å²) in [6, 6.07) is 0. The zero-order valence-electron chi connectivity index (χ0n) is 10.1. The second-order valence-corrected chi connectivity index (χ2v) is 6.79. The smallest absolute Gasteiger partial charge is 0.153 e. The number of carbonyl (C=O) groups excluding carboxylic acids is 1. The summed E-state index contributed by atoms with van der Waals surface area (Å²) >= 11 is 0. The van der Waals surface area contributed by atoms with Gasteiger partial charge in [0.1, 0.15) is 5.78 Å². The molecule has 3 nitrogen and oxygen atoms in total. The Bertz CT molecular complexity index is 291. The van der Waals surface area contributed by atoms with Gasteiger partial charge in [-0.05, 0) is 19.3 Å². The Balaban J connectivity index is 4.11. The molecule has 0 radical (unpaired) electrons. The minimum Gasteiger partial charge on any atom is -0.300 e. The lowest BCUT2D eigenvalue weighted by molar-refractivity contribution is -0.118. The highest BCUT2D eigenvalue weighted by Gasteiger charge is 2.23. The molecule has 0 N–H and O–H groups in total. The summed E-state index contributed by atoms with van der Waals surface area (Å²) in [5.74, 6) is 0.414. The number of sulfone groups is 1. The molecular formula is C11H22O3S. The first-order valence-electron chi connectivity index (χ1n) is 5.54. The van der Waals surface area contributed by atoms with Crippen molar-refractivity contribution < 1.29 is 13.2 Å². The van der Waals surface area contributed by atoms with Gasteiger partial charge in [0.25, 0.3) is 0 Å². The van der Waals surface area contributed by atoms with E-state index in [2.05, 4.69) is 0 Å². The fraction of sp³-hybridized carbons (Fsp3) is 0.909. The first-order valence-corrected chi connectivity index (χ1v) is 7.26. The lowest BCUT2D eigenvalue weighted by Crippen LogP contribution is -2.26. The van der Waals surface area contributed by atoms with E-state index in [1.54, 1.807) is 13.8 Å². The molecule has 0 heterocycles. The summed E-state index contributed by atoms with van der Waals surface area (Å²) in [7, 11) is -3.02. The van der Waals surface area contributed by atoms with Crippen molar-refractivity contribution in [2.45, 2.75) is 52.2 Å². The van der Waals surface area contributed by atoms with E-state index in [1.807, 2.05) is 13.8 Å². The van der Waals surface area contributed by atoms with Gasteiger partial charge in [-0.15, -0.1) is 0 Å². The Morgan fingerprint density at radius 1 is 1.20 bits per heavy atom. The van der Waals surface area contributed by atoms with E-state index in [0.29, 0.717) is 19.3 Å². The number of hydrogen-bond donors (Lipinski definition) is 0. The Labute approximate surface area is 93.2 Å². The average molecular weight is 234 g/mol. The molecule has 0 aliphatic carbocycles. The van der Waals surface area contributed by atoms with E-state index >= 15 is 0 Å². The molecule has 0 aliphatic heterocycles. The SMILES string of the molecule is CCC(=O)CCCS(=O)(=O)C(C)C(C)C. The van der Waals surface area contributed by atoms with Gasteiger partial charge >= 0.3 is 0 Å². The molecule has 0 amide bonds. The molecule has 0 aliphatic rings. The van der Waals surface area contributed by atoms with Crippen molar-refractivity contribution in [1.82, 2.24) is 0 Å². The molecule has 1 atom stereocenters. The Hall–Kier alpha value is -0.380. The van der Waals surface area contributed by atoms with E-state index < -0.39 is 9.84 Å². The maximum Gasteiger partial charge on any atom is 0.153 e. The minimum absolute atomic E-state index is 0.136. The molecule has 0 spiro atoms. The molecule has 4 heteroatoms. The number of rotatable bonds is 7. The standard InChI is InChI=1S/C11H22O3S/c1-5-11(12)7-6-8-15(13,14)10(4)9(2)3/h9-10H,5-8H2,1-4H3. The summed E-state index contributed by atoms with van der Waals surface area (Å²) in [5, 5.41) is -0.311. The largest absolute Gasteiger partial charge is 0.300 e. The molecule has 90 valence electrons. The van der Waals surface area contributed by atoms with Gasteiger partial charge in [0.05, 0.1) is 11.0 Å². The van der Waals surface area contributed by atoms with Crippen molar-refractivity contribution >= 4 is 15.6 Å². The van der Waals surface area contributed by atoms with Gasteiger partial charge in [0.15, 0.2) is 9.84 Å². The van der Waals surface area contributed by atoms with Crippen molar-refractivity contribution in [3.05, 3.63) is 0 Å². The highest BCUT2D eigenvalue weighted by Crippen LogP contribution is 2.14. The van der Waals surface area contributed by atoms with Crippen molar-refractivity contribution in [1.29, 1.82) is 0 Å². The van der Waals surface area contributed by atoms with E-state index in [4.69, 9.17) is 0 Å². The molecular weight excluding hydrogens is 212 g/mol. The predicted octanol–water partition coefficient (Wildman–Crippen LogP) is 2.21. The molecule has 0 rings (SSSR count). The van der Waals surface area contributed by atoms with Crippen LogP contribution < -0.4 is 0 Å². The number of Topliss-reactive ketones (excluding diaryl/α,β-unsaturated/α-hetero) is 1. The van der Waals surface area contributed by atoms with Crippen LogP contribution in [0.2, 0.25) is 0 Å². The third-order valence-corrected chi connectivity index (χ3v) is 5.32. The summed E-state index contributed by atoms with van der Waals surface area (Å²) in [6.07, 6.45) is 1.35. The molecule has 1 unspecified atom stereocenters. The molecule has 0 saturated heterocycles. The van der Waals surface area contributed by atoms with Crippen LogP contribution in [0, 0.1) is 5.92 Å². The molecule has 0 fully saturated rings. The summed E-state index contributed by atoms with van der Waals surface area (Å²) < 4.78 is 23.5. The summed E-state index contributed by atoms with van der Waals surface area (Å²) in [6.45, 7) is 7.34. The highest BCUT2D eigenvalue weighted by atomic mass is 32.2. The van der Waals surface area contributed by atoms with Crippen LogP contribution in [0.15, 0.2) is 0 Å². The Kier molecular flexibility index (Phi) is 6.10. The number of carbonyl (C=O) groups is 1. The first-order chi connectivity index (χ1) is 6.81. The zero-order valence-corrected chi connectivity index (χ0v) is 10.9. The van der Waals surface area contributed by atoms with Gasteiger partial charge in [0.2, 0.25) is 0 Å². The normalized spacial score (nSPS) is 14.2. The number of ketones is 1. The van der Waals surface area contributed by atoms with Crippen LogP contribution in [0.4, 0.5) is 0 Å². The van der Waals surface area contributed by atoms with Gasteiger partial charge in [0, 0.05) is 12.8 Å². The fourth-order valence-electron chi connectivity index (χ4n) is 1.25. The van der Waals surface area contributed by atoms with Crippen LogP contribution >= 0.6 is 0 Å². The van der Waals surface area contributed by atoms with Crippen molar-refractivity contribution in [3.8, 4) is 0 Å². The van der Waals surface area contributed by atoms with Crippen molar-refractivity contribution in [2.24, 2.45) is 5.92 Å². The van der Waals surface area contributed by atoms with E-state index in [1.165, 1.54) is 0 Å². The second-order valence-electron chi connectivity index (χ2n) is 4.31. The van der Waals surface area contributed by atoms with Gasteiger partial charge in [-0.2, -0.15) is 0 Å². The lowest BCUT2D eigenvalue weighted by Gasteiger charge is -2.15. The van der Waals surface area contributed by atoms with Gasteiger partial charge < -0.3 is 0 Å². The van der Waals surface area contributed by atoms with Crippen LogP contribution in [0.5, 0.6) is 0 Å². The second kappa shape index (κ2) is 6.26. The van der Waals surface area contributed by atoms with Crippen LogP contribution in [0.3, 0.4) is 0 Å². The van der Waals surface area contributed by atoms with E-state index in [0.717, 1.165) is 0 Å². The lowest BCUT2D eigenvalue weighted by atomic mass is 10.2. The maximum atomic E-state index is 11.7. The number of hydrogen-bond acceptors (Lipinski definition) is 3. The molecule has 0 aromatic heterocycles. The van der Waals surface area contributed by atoms with Gasteiger partial charge in [-0.25, -0.2) is 8.42 Å². The molecule has 0 aromatic carbocycles. The van der Waals surface area contributed by atoms with Crippen LogP contribution in [0.25, 0.3) is 0 Å². The maximum absolute atomic E-state index is 11.7. The van der Waals surface area contributed by atoms with Crippen molar-refractivity contribution in [3.63, 3.8) is 0 Å². The van der Waals surface area contributed by atoms with Gasteiger partial charge in [-0.3, -0.25) is 4.79 Å². The van der Waals surface area contributed by atoms with Crippen LogP contribution in [0.1, 0.15) is 47.0 Å². The third-order valence-electron chi connectivity index (χ3n) is 2.78. The third kappa shape index (κ3) is 5.30. The average Bonchev–Trinajstić information content (AvgIpc) is 2.15. The summed E-state index contributed by atoms with van der Waals surface area (Å²) in [5.41, 5.74) is 0. The topological polar surface area (TPSA) is 51.2 Å². The molecule has 0 saturated carbocycles. The highest BCUT2D eigenvalue weighted by molar-refractivity contribution is 7.92. The van der Waals surface area contributed by atoms with Gasteiger partial charge in [-0.1, -0.05) is 20.8 Å². The first kappa shape index (κ1) is 14.6. The van der Waals surface area contributed by atoms with E-state index in [-0.39, 0.29) is 22.7 Å². The Morgan fingerprint density at radius 3 is 2.13 bits per heavy atom. The van der Waals surface area contributed by atoms with Crippen LogP contribution in [-0.2, 0) is 14.6 Å². The minimum atomic E-state index is -3.02. The molecule has 15 heavy (non-hydrogen) atoms. The van der Waals surface area contributed by atoms with E-state index in [9.17, 15) is 13.2 Å². The molecule has 0 aromatic rings. The van der Waals surface area contributed by atoms with Crippen molar-refractivity contribution in [2.75, 3.05) is 5.75 Å². The van der Waals surface area contributed by atoms with Crippen LogP contribution in [-0.4, -0.2) is 25.2 Å². The monoisotopic (exact) mass is 234 g/mol. The fourth-order valence-corrected chi connectivity index (χ4v) is 3.00. The quantitative estimate of drug-likeness (QED) is 0.678. The molecule has 0 bridgehead atoms.